The minimum Gasteiger partial charge on any atom is -0.430 e. The molecular weight excluding hydrogens is 168 g/mol. The third-order valence-electron chi connectivity index (χ3n) is 0.630. The van der Waals surface area contributed by atoms with Crippen molar-refractivity contribution in [1.29, 1.82) is 0 Å². The Kier molecular flexibility index (Phi) is 4.99. The molecule has 12 heavy (non-hydrogen) atoms. The molecule has 0 saturated heterocycles. The lowest BCUT2D eigenvalue weighted by Crippen LogP contribution is -2.14. The Morgan fingerprint density at radius 2 is 2.00 bits per heavy atom. The molecule has 0 aliphatic carbocycles. The molecule has 0 bridgehead atoms. The Morgan fingerprint density at radius 3 is 2.50 bits per heavy atom. The van der Waals surface area contributed by atoms with Crippen LogP contribution in [0, 0.1) is 0 Å². The molecular formula is C6H6O6. The van der Waals surface area contributed by atoms with E-state index in [4.69, 9.17) is 0 Å². The smallest absolute Gasteiger partial charge is 0.430 e. The van der Waals surface area contributed by atoms with Crippen LogP contribution in [-0.2, 0) is 19.0 Å². The van der Waals surface area contributed by atoms with Gasteiger partial charge in [0.1, 0.15) is 6.61 Å². The van der Waals surface area contributed by atoms with Crippen molar-refractivity contribution < 1.29 is 28.6 Å². The van der Waals surface area contributed by atoms with E-state index in [1.807, 2.05) is 0 Å². The van der Waals surface area contributed by atoms with Crippen LogP contribution in [0.2, 0.25) is 0 Å². The van der Waals surface area contributed by atoms with E-state index in [-0.39, 0.29) is 13.1 Å². The van der Waals surface area contributed by atoms with Gasteiger partial charge in [-0.3, -0.25) is 4.79 Å². The first-order valence-electron chi connectivity index (χ1n) is 2.80. The molecule has 66 valence electrons. The van der Waals surface area contributed by atoms with Gasteiger partial charge >= 0.3 is 18.8 Å². The number of hydrogen-bond acceptors (Lipinski definition) is 6. The molecule has 0 unspecified atom stereocenters. The van der Waals surface area contributed by atoms with E-state index in [9.17, 15) is 14.4 Å². The van der Waals surface area contributed by atoms with E-state index >= 15 is 0 Å². The first-order chi connectivity index (χ1) is 5.70. The van der Waals surface area contributed by atoms with Crippen LogP contribution in [0.4, 0.5) is 9.59 Å². The third-order valence-corrected chi connectivity index (χ3v) is 0.630. The summed E-state index contributed by atoms with van der Waals surface area (Å²) in [5.41, 5.74) is 0. The molecule has 6 heteroatoms. The summed E-state index contributed by atoms with van der Waals surface area (Å²) >= 11 is 0. The van der Waals surface area contributed by atoms with E-state index in [0.717, 1.165) is 0 Å². The maximum atomic E-state index is 10.4. The molecule has 0 aliphatic rings. The summed E-state index contributed by atoms with van der Waals surface area (Å²) in [6, 6.07) is 0. The van der Waals surface area contributed by atoms with Crippen LogP contribution in [-0.4, -0.2) is 25.4 Å². The highest BCUT2D eigenvalue weighted by Gasteiger charge is 2.11. The highest BCUT2D eigenvalue weighted by molar-refractivity contribution is 5.80. The molecule has 0 spiro atoms. The fourth-order valence-electron chi connectivity index (χ4n) is 0.288. The summed E-state index contributed by atoms with van der Waals surface area (Å²) in [5, 5.41) is 0. The van der Waals surface area contributed by atoms with Crippen LogP contribution in [0.15, 0.2) is 12.7 Å². The summed E-state index contributed by atoms with van der Waals surface area (Å²) in [4.78, 5) is 30.1. The van der Waals surface area contributed by atoms with Crippen molar-refractivity contribution in [2.45, 2.75) is 0 Å². The first-order valence-corrected chi connectivity index (χ1v) is 2.80. The molecule has 0 aromatic carbocycles. The zero-order chi connectivity index (χ0) is 9.40. The van der Waals surface area contributed by atoms with Gasteiger partial charge < -0.3 is 14.2 Å². The van der Waals surface area contributed by atoms with Crippen LogP contribution >= 0.6 is 0 Å². The van der Waals surface area contributed by atoms with Crippen molar-refractivity contribution in [3.05, 3.63) is 12.7 Å². The van der Waals surface area contributed by atoms with Gasteiger partial charge in [-0.05, 0) is 0 Å². The monoisotopic (exact) mass is 174 g/mol. The Morgan fingerprint density at radius 1 is 1.33 bits per heavy atom. The molecule has 0 saturated carbocycles. The van der Waals surface area contributed by atoms with E-state index in [1.54, 1.807) is 0 Å². The number of ether oxygens (including phenoxy) is 3. The number of carbonyl (C=O) groups is 3. The minimum atomic E-state index is -1.43. The van der Waals surface area contributed by atoms with E-state index < -0.39 is 12.3 Å². The fourth-order valence-corrected chi connectivity index (χ4v) is 0.288. The predicted molar refractivity (Wildman–Crippen MR) is 35.2 cm³/mol. The Labute approximate surface area is 67.7 Å². The number of hydrogen-bond donors (Lipinski definition) is 0. The van der Waals surface area contributed by atoms with Crippen LogP contribution in [0.5, 0.6) is 0 Å². The average Bonchev–Trinajstić information content (AvgIpc) is 2.01. The largest absolute Gasteiger partial charge is 0.526 e. The van der Waals surface area contributed by atoms with Gasteiger partial charge in [-0.25, -0.2) is 9.59 Å². The van der Waals surface area contributed by atoms with Crippen LogP contribution in [0.3, 0.4) is 0 Å². The van der Waals surface area contributed by atoms with Crippen molar-refractivity contribution in [2.24, 2.45) is 0 Å². The summed E-state index contributed by atoms with van der Waals surface area (Å²) in [6.07, 6.45) is -1.40. The highest BCUT2D eigenvalue weighted by atomic mass is 16.8. The van der Waals surface area contributed by atoms with Gasteiger partial charge in [-0.1, -0.05) is 12.7 Å². The summed E-state index contributed by atoms with van der Waals surface area (Å²) in [5.74, 6) is 0. The van der Waals surface area contributed by atoms with Crippen molar-refractivity contribution in [3.8, 4) is 0 Å². The van der Waals surface area contributed by atoms with Gasteiger partial charge in [0.15, 0.2) is 0 Å². The van der Waals surface area contributed by atoms with Gasteiger partial charge in [-0.15, -0.1) is 0 Å². The van der Waals surface area contributed by atoms with Gasteiger partial charge in [-0.2, -0.15) is 0 Å². The SMILES string of the molecule is C=CCOC(=O)OC(=O)OC=O. The lowest BCUT2D eigenvalue weighted by Gasteiger charge is -1.98. The number of rotatable bonds is 3. The second-order valence-corrected chi connectivity index (χ2v) is 1.42. The van der Waals surface area contributed by atoms with E-state index in [2.05, 4.69) is 20.8 Å². The Balaban J connectivity index is 3.60. The topological polar surface area (TPSA) is 78.9 Å². The van der Waals surface area contributed by atoms with Crippen molar-refractivity contribution in [2.75, 3.05) is 6.61 Å². The van der Waals surface area contributed by atoms with E-state index in [0.29, 0.717) is 0 Å². The minimum absolute atomic E-state index is 0.0901. The second kappa shape index (κ2) is 5.90. The molecule has 0 atom stereocenters. The lowest BCUT2D eigenvalue weighted by atomic mass is 10.7. The van der Waals surface area contributed by atoms with Crippen molar-refractivity contribution >= 4 is 18.8 Å². The normalized spacial score (nSPS) is 8.00. The Hall–Kier alpha value is -1.85. The molecule has 6 nitrogen and oxygen atoms in total. The van der Waals surface area contributed by atoms with Crippen LogP contribution < -0.4 is 0 Å². The molecule has 0 fully saturated rings. The standard InChI is InChI=1S/C6H6O6/c1-2-3-10-5(8)12-6(9)11-4-7/h2,4H,1,3H2. The van der Waals surface area contributed by atoms with Gasteiger partial charge in [0.25, 0.3) is 0 Å². The summed E-state index contributed by atoms with van der Waals surface area (Å²) in [6.45, 7) is 2.99. The Bertz CT molecular complexity index is 196. The second-order valence-electron chi connectivity index (χ2n) is 1.42. The number of carbonyl (C=O) groups excluding carboxylic acids is 3. The maximum absolute atomic E-state index is 10.4. The molecule has 0 amide bonds. The molecule has 0 heterocycles. The van der Waals surface area contributed by atoms with Gasteiger partial charge in [0.05, 0.1) is 0 Å². The van der Waals surface area contributed by atoms with Gasteiger partial charge in [0.2, 0.25) is 0 Å². The molecule has 0 rings (SSSR count). The zero-order valence-electron chi connectivity index (χ0n) is 6.02. The fraction of sp³-hybridized carbons (Fsp3) is 0.167. The van der Waals surface area contributed by atoms with Crippen LogP contribution in [0.1, 0.15) is 0 Å². The first kappa shape index (κ1) is 10.2. The predicted octanol–water partition coefficient (Wildman–Crippen LogP) is 0.619. The third kappa shape index (κ3) is 4.98. The van der Waals surface area contributed by atoms with Gasteiger partial charge in [0, 0.05) is 0 Å². The molecule has 0 N–H and O–H groups in total. The lowest BCUT2D eigenvalue weighted by molar-refractivity contribution is -0.125. The molecule has 0 aromatic rings. The van der Waals surface area contributed by atoms with E-state index in [1.165, 1.54) is 6.08 Å². The van der Waals surface area contributed by atoms with Crippen molar-refractivity contribution in [3.63, 3.8) is 0 Å². The molecule has 0 aromatic heterocycles. The average molecular weight is 174 g/mol. The summed E-state index contributed by atoms with van der Waals surface area (Å²) in [7, 11) is 0. The quantitative estimate of drug-likeness (QED) is 0.270. The highest BCUT2D eigenvalue weighted by Crippen LogP contribution is 1.88. The molecule has 0 aliphatic heterocycles. The molecule has 0 radical (unpaired) electrons. The maximum Gasteiger partial charge on any atom is 0.526 e. The summed E-state index contributed by atoms with van der Waals surface area (Å²) < 4.78 is 11.6. The van der Waals surface area contributed by atoms with Crippen molar-refractivity contribution in [1.82, 2.24) is 0 Å². The van der Waals surface area contributed by atoms with Crippen LogP contribution in [0.25, 0.3) is 0 Å². The zero-order valence-corrected chi connectivity index (χ0v) is 6.02.